The molecule has 0 bridgehead atoms. The van der Waals surface area contributed by atoms with Gasteiger partial charge in [-0.05, 0) is 38.8 Å². The highest BCUT2D eigenvalue weighted by Crippen LogP contribution is 2.19. The van der Waals surface area contributed by atoms with Gasteiger partial charge in [0, 0.05) is 25.2 Å². The summed E-state index contributed by atoms with van der Waals surface area (Å²) in [5.41, 5.74) is 0.635. The van der Waals surface area contributed by atoms with E-state index in [0.717, 1.165) is 25.9 Å². The van der Waals surface area contributed by atoms with E-state index in [-0.39, 0.29) is 5.82 Å². The molecule has 94 valence electrons. The molecule has 0 spiro atoms. The highest BCUT2D eigenvalue weighted by molar-refractivity contribution is 5.45. The zero-order valence-corrected chi connectivity index (χ0v) is 10.6. The van der Waals surface area contributed by atoms with Gasteiger partial charge in [-0.1, -0.05) is 12.1 Å². The number of halogens is 1. The predicted molar refractivity (Wildman–Crippen MR) is 69.8 cm³/mol. The van der Waals surface area contributed by atoms with E-state index in [9.17, 15) is 4.39 Å². The Balaban J connectivity index is 1.88. The molecule has 0 saturated carbocycles. The van der Waals surface area contributed by atoms with Gasteiger partial charge in [-0.25, -0.2) is 4.39 Å². The molecule has 1 heterocycles. The second-order valence-corrected chi connectivity index (χ2v) is 5.03. The molecular formula is C14H21FN2. The van der Waals surface area contributed by atoms with Crippen LogP contribution in [0.3, 0.4) is 0 Å². The van der Waals surface area contributed by atoms with Gasteiger partial charge in [0.15, 0.2) is 0 Å². The number of nitrogens with one attached hydrogen (secondary N) is 1. The number of benzene rings is 1. The van der Waals surface area contributed by atoms with Crippen molar-refractivity contribution in [2.75, 3.05) is 18.4 Å². The van der Waals surface area contributed by atoms with Crippen LogP contribution in [0.5, 0.6) is 0 Å². The number of hydrogen-bond acceptors (Lipinski definition) is 2. The number of likely N-dealkylation sites (tertiary alicyclic amines) is 1. The Morgan fingerprint density at radius 1 is 1.24 bits per heavy atom. The largest absolute Gasteiger partial charge is 0.380 e. The van der Waals surface area contributed by atoms with Crippen LogP contribution in [0, 0.1) is 5.82 Å². The molecule has 0 unspecified atom stereocenters. The molecule has 0 aliphatic carbocycles. The van der Waals surface area contributed by atoms with Crippen LogP contribution >= 0.6 is 0 Å². The first-order valence-electron chi connectivity index (χ1n) is 6.42. The van der Waals surface area contributed by atoms with Crippen molar-refractivity contribution in [1.82, 2.24) is 4.90 Å². The predicted octanol–water partition coefficient (Wildman–Crippen LogP) is 3.11. The van der Waals surface area contributed by atoms with Crippen LogP contribution in [0.4, 0.5) is 10.1 Å². The molecule has 1 aliphatic heterocycles. The average Bonchev–Trinajstić information content (AvgIpc) is 2.33. The van der Waals surface area contributed by atoms with E-state index in [4.69, 9.17) is 0 Å². The lowest BCUT2D eigenvalue weighted by Crippen LogP contribution is -2.42. The zero-order valence-electron chi connectivity index (χ0n) is 10.6. The van der Waals surface area contributed by atoms with Crippen LogP contribution in [-0.4, -0.2) is 30.1 Å². The van der Waals surface area contributed by atoms with Crippen molar-refractivity contribution in [3.05, 3.63) is 30.1 Å². The van der Waals surface area contributed by atoms with E-state index in [1.54, 1.807) is 6.07 Å². The number of piperidine rings is 1. The summed E-state index contributed by atoms with van der Waals surface area (Å²) in [6.07, 6.45) is 2.18. The minimum absolute atomic E-state index is 0.154. The van der Waals surface area contributed by atoms with E-state index in [1.807, 2.05) is 12.1 Å². The van der Waals surface area contributed by atoms with E-state index in [1.165, 1.54) is 6.07 Å². The molecule has 1 aliphatic rings. The Bertz CT molecular complexity index is 357. The third kappa shape index (κ3) is 3.19. The van der Waals surface area contributed by atoms with Crippen LogP contribution in [0.25, 0.3) is 0 Å². The van der Waals surface area contributed by atoms with Gasteiger partial charge >= 0.3 is 0 Å². The molecule has 3 heteroatoms. The van der Waals surface area contributed by atoms with Gasteiger partial charge in [-0.15, -0.1) is 0 Å². The smallest absolute Gasteiger partial charge is 0.146 e. The highest BCUT2D eigenvalue weighted by atomic mass is 19.1. The second kappa shape index (κ2) is 5.50. The summed E-state index contributed by atoms with van der Waals surface area (Å²) in [6, 6.07) is 7.93. The molecule has 0 radical (unpaired) electrons. The van der Waals surface area contributed by atoms with Gasteiger partial charge in [0.1, 0.15) is 5.82 Å². The SMILES string of the molecule is CC(C)N1CCC(Nc2ccccc2F)CC1. The first kappa shape index (κ1) is 12.4. The summed E-state index contributed by atoms with van der Waals surface area (Å²) < 4.78 is 13.5. The molecular weight excluding hydrogens is 215 g/mol. The maximum Gasteiger partial charge on any atom is 0.146 e. The first-order valence-corrected chi connectivity index (χ1v) is 6.42. The molecule has 2 nitrogen and oxygen atoms in total. The van der Waals surface area contributed by atoms with Crippen molar-refractivity contribution in [3.8, 4) is 0 Å². The zero-order chi connectivity index (χ0) is 12.3. The Kier molecular flexibility index (Phi) is 4.00. The lowest BCUT2D eigenvalue weighted by molar-refractivity contribution is 0.177. The van der Waals surface area contributed by atoms with Crippen molar-refractivity contribution >= 4 is 5.69 Å². The fraction of sp³-hybridized carbons (Fsp3) is 0.571. The minimum Gasteiger partial charge on any atom is -0.380 e. The fourth-order valence-corrected chi connectivity index (χ4v) is 2.36. The fourth-order valence-electron chi connectivity index (χ4n) is 2.36. The lowest BCUT2D eigenvalue weighted by Gasteiger charge is -2.35. The lowest BCUT2D eigenvalue weighted by atomic mass is 10.0. The Labute approximate surface area is 103 Å². The normalized spacial score (nSPS) is 18.6. The number of rotatable bonds is 3. The van der Waals surface area contributed by atoms with Crippen LogP contribution in [-0.2, 0) is 0 Å². The molecule has 1 N–H and O–H groups in total. The van der Waals surface area contributed by atoms with Gasteiger partial charge in [0.25, 0.3) is 0 Å². The minimum atomic E-state index is -0.154. The summed E-state index contributed by atoms with van der Waals surface area (Å²) in [5.74, 6) is -0.154. The molecule has 0 aromatic heterocycles. The maximum absolute atomic E-state index is 13.5. The summed E-state index contributed by atoms with van der Waals surface area (Å²) >= 11 is 0. The van der Waals surface area contributed by atoms with Crippen molar-refractivity contribution in [2.24, 2.45) is 0 Å². The molecule has 1 saturated heterocycles. The Morgan fingerprint density at radius 3 is 2.47 bits per heavy atom. The van der Waals surface area contributed by atoms with Gasteiger partial charge in [0.05, 0.1) is 5.69 Å². The van der Waals surface area contributed by atoms with Gasteiger partial charge in [-0.3, -0.25) is 0 Å². The number of nitrogens with zero attached hydrogens (tertiary/aromatic N) is 1. The summed E-state index contributed by atoms with van der Waals surface area (Å²) in [4.78, 5) is 2.47. The van der Waals surface area contributed by atoms with Crippen LogP contribution in [0.1, 0.15) is 26.7 Å². The van der Waals surface area contributed by atoms with Gasteiger partial charge < -0.3 is 10.2 Å². The molecule has 0 amide bonds. The van der Waals surface area contributed by atoms with E-state index in [0.29, 0.717) is 17.8 Å². The quantitative estimate of drug-likeness (QED) is 0.867. The van der Waals surface area contributed by atoms with Gasteiger partial charge in [-0.2, -0.15) is 0 Å². The molecule has 0 atom stereocenters. The number of hydrogen-bond donors (Lipinski definition) is 1. The molecule has 2 rings (SSSR count). The summed E-state index contributed by atoms with van der Waals surface area (Å²) in [6.45, 7) is 6.66. The highest BCUT2D eigenvalue weighted by Gasteiger charge is 2.20. The average molecular weight is 236 g/mol. The standard InChI is InChI=1S/C14H21FN2/c1-11(2)17-9-7-12(8-10-17)16-14-6-4-3-5-13(14)15/h3-6,11-12,16H,7-10H2,1-2H3. The van der Waals surface area contributed by atoms with Crippen molar-refractivity contribution in [1.29, 1.82) is 0 Å². The van der Waals surface area contributed by atoms with Crippen molar-refractivity contribution in [2.45, 2.75) is 38.8 Å². The third-order valence-corrected chi connectivity index (χ3v) is 3.49. The first-order chi connectivity index (χ1) is 8.16. The van der Waals surface area contributed by atoms with Gasteiger partial charge in [0.2, 0.25) is 0 Å². The van der Waals surface area contributed by atoms with Crippen molar-refractivity contribution < 1.29 is 4.39 Å². The van der Waals surface area contributed by atoms with Crippen LogP contribution in [0.15, 0.2) is 24.3 Å². The topological polar surface area (TPSA) is 15.3 Å². The van der Waals surface area contributed by atoms with Crippen LogP contribution < -0.4 is 5.32 Å². The third-order valence-electron chi connectivity index (χ3n) is 3.49. The number of para-hydroxylation sites is 1. The van der Waals surface area contributed by atoms with E-state index >= 15 is 0 Å². The second-order valence-electron chi connectivity index (χ2n) is 5.03. The number of anilines is 1. The Hall–Kier alpha value is -1.09. The Morgan fingerprint density at radius 2 is 1.88 bits per heavy atom. The van der Waals surface area contributed by atoms with E-state index < -0.39 is 0 Å². The molecule has 1 fully saturated rings. The molecule has 1 aromatic carbocycles. The summed E-state index contributed by atoms with van der Waals surface area (Å²) in [5, 5.41) is 3.31. The van der Waals surface area contributed by atoms with Crippen LogP contribution in [0.2, 0.25) is 0 Å². The van der Waals surface area contributed by atoms with Crippen molar-refractivity contribution in [3.63, 3.8) is 0 Å². The van der Waals surface area contributed by atoms with E-state index in [2.05, 4.69) is 24.1 Å². The maximum atomic E-state index is 13.5. The molecule has 1 aromatic rings. The summed E-state index contributed by atoms with van der Waals surface area (Å²) in [7, 11) is 0. The molecule has 17 heavy (non-hydrogen) atoms. The monoisotopic (exact) mass is 236 g/mol.